The lowest BCUT2D eigenvalue weighted by atomic mass is 9.72. The largest absolute Gasteiger partial charge is 0.384 e. The van der Waals surface area contributed by atoms with Crippen molar-refractivity contribution in [3.05, 3.63) is 115 Å². The molecule has 0 aliphatic carbocycles. The predicted molar refractivity (Wildman–Crippen MR) is 103 cm³/mol. The van der Waals surface area contributed by atoms with E-state index in [-0.39, 0.29) is 11.2 Å². The van der Waals surface area contributed by atoms with Crippen molar-refractivity contribution >= 4 is 5.69 Å². The highest BCUT2D eigenvalue weighted by Crippen LogP contribution is 2.36. The Labute approximate surface area is 148 Å². The third kappa shape index (κ3) is 3.80. The van der Waals surface area contributed by atoms with Crippen LogP contribution in [0, 0.1) is 5.82 Å². The maximum Gasteiger partial charge on any atom is 0.123 e. The molecule has 0 unspecified atom stereocenters. The van der Waals surface area contributed by atoms with E-state index in [0.717, 1.165) is 12.1 Å². The summed E-state index contributed by atoms with van der Waals surface area (Å²) in [6.07, 6.45) is 2.77. The van der Waals surface area contributed by atoms with Gasteiger partial charge in [-0.05, 0) is 41.8 Å². The van der Waals surface area contributed by atoms with Gasteiger partial charge in [-0.15, -0.1) is 6.58 Å². The van der Waals surface area contributed by atoms with Crippen molar-refractivity contribution in [3.8, 4) is 0 Å². The van der Waals surface area contributed by atoms with Gasteiger partial charge in [-0.3, -0.25) is 0 Å². The lowest BCUT2D eigenvalue weighted by Gasteiger charge is -2.35. The van der Waals surface area contributed by atoms with Crippen LogP contribution >= 0.6 is 0 Å². The summed E-state index contributed by atoms with van der Waals surface area (Å²) < 4.78 is 13.2. The highest BCUT2D eigenvalue weighted by molar-refractivity contribution is 5.48. The molecular weight excluding hydrogens is 309 g/mol. The van der Waals surface area contributed by atoms with Crippen molar-refractivity contribution in [1.29, 1.82) is 0 Å². The topological polar surface area (TPSA) is 12.0 Å². The van der Waals surface area contributed by atoms with Gasteiger partial charge >= 0.3 is 0 Å². The molecule has 126 valence electrons. The normalized spacial score (nSPS) is 11.1. The van der Waals surface area contributed by atoms with Gasteiger partial charge in [0.2, 0.25) is 0 Å². The predicted octanol–water partition coefficient (Wildman–Crippen LogP) is 5.80. The molecule has 0 aromatic heterocycles. The summed E-state index contributed by atoms with van der Waals surface area (Å²) in [5, 5.41) is 3.48. The van der Waals surface area contributed by atoms with Crippen LogP contribution in [0.25, 0.3) is 0 Å². The second kappa shape index (κ2) is 7.80. The molecule has 0 fully saturated rings. The fraction of sp³-hybridized carbons (Fsp3) is 0.130. The standard InChI is InChI=1S/C23H22FN/c1-2-17-23(19-9-5-3-6-10-19,20-11-7-4-8-12-20)18-25-22-15-13-21(24)14-16-22/h2-16,25H,1,17-18H2. The minimum Gasteiger partial charge on any atom is -0.384 e. The zero-order valence-electron chi connectivity index (χ0n) is 14.2. The molecule has 0 heterocycles. The molecule has 1 N–H and O–H groups in total. The zero-order chi connectivity index (χ0) is 17.5. The number of benzene rings is 3. The van der Waals surface area contributed by atoms with Gasteiger partial charge in [0.25, 0.3) is 0 Å². The molecule has 2 heteroatoms. The number of hydrogen-bond acceptors (Lipinski definition) is 1. The van der Waals surface area contributed by atoms with E-state index in [1.165, 1.54) is 23.3 Å². The summed E-state index contributed by atoms with van der Waals surface area (Å²) in [6.45, 7) is 4.68. The Kier molecular flexibility index (Phi) is 5.30. The number of allylic oxidation sites excluding steroid dienone is 1. The summed E-state index contributed by atoms with van der Waals surface area (Å²) in [5.41, 5.74) is 3.13. The summed E-state index contributed by atoms with van der Waals surface area (Å²) >= 11 is 0. The summed E-state index contributed by atoms with van der Waals surface area (Å²) in [6, 6.07) is 27.4. The molecule has 3 aromatic rings. The average Bonchev–Trinajstić information content (AvgIpc) is 2.68. The molecule has 0 aliphatic heterocycles. The van der Waals surface area contributed by atoms with Gasteiger partial charge in [-0.25, -0.2) is 4.39 Å². The Balaban J connectivity index is 2.01. The molecule has 0 saturated heterocycles. The third-order valence-corrected chi connectivity index (χ3v) is 4.58. The first-order chi connectivity index (χ1) is 12.2. The number of anilines is 1. The van der Waals surface area contributed by atoms with E-state index in [9.17, 15) is 4.39 Å². The molecule has 0 bridgehead atoms. The minimum atomic E-state index is -0.237. The molecule has 0 radical (unpaired) electrons. The highest BCUT2D eigenvalue weighted by atomic mass is 19.1. The molecule has 0 saturated carbocycles. The van der Waals surface area contributed by atoms with E-state index in [0.29, 0.717) is 6.54 Å². The summed E-state index contributed by atoms with van der Waals surface area (Å²) in [4.78, 5) is 0. The minimum absolute atomic E-state index is 0.228. The SMILES string of the molecule is C=CCC(CNc1ccc(F)cc1)(c1ccccc1)c1ccccc1. The molecular formula is C23H22FN. The van der Waals surface area contributed by atoms with Crippen LogP contribution in [0.15, 0.2) is 97.6 Å². The Bertz CT molecular complexity index is 755. The Morgan fingerprint density at radius 3 is 1.80 bits per heavy atom. The number of hydrogen-bond donors (Lipinski definition) is 1. The van der Waals surface area contributed by atoms with Crippen LogP contribution in [0.4, 0.5) is 10.1 Å². The van der Waals surface area contributed by atoms with Crippen LogP contribution in [0.2, 0.25) is 0 Å². The van der Waals surface area contributed by atoms with Gasteiger partial charge in [0, 0.05) is 17.6 Å². The molecule has 0 atom stereocenters. The second-order valence-corrected chi connectivity index (χ2v) is 6.17. The van der Waals surface area contributed by atoms with Crippen molar-refractivity contribution in [1.82, 2.24) is 0 Å². The molecule has 0 spiro atoms. The fourth-order valence-electron chi connectivity index (χ4n) is 3.26. The van der Waals surface area contributed by atoms with Crippen molar-refractivity contribution in [3.63, 3.8) is 0 Å². The molecule has 1 nitrogen and oxygen atoms in total. The van der Waals surface area contributed by atoms with Gasteiger partial charge in [0.1, 0.15) is 5.82 Å². The van der Waals surface area contributed by atoms with Gasteiger partial charge in [0.05, 0.1) is 0 Å². The van der Waals surface area contributed by atoms with E-state index in [1.807, 2.05) is 18.2 Å². The number of nitrogens with one attached hydrogen (secondary N) is 1. The Hall–Kier alpha value is -2.87. The molecule has 0 amide bonds. The van der Waals surface area contributed by atoms with Crippen LogP contribution in [0.5, 0.6) is 0 Å². The maximum atomic E-state index is 13.2. The van der Waals surface area contributed by atoms with Crippen molar-refractivity contribution in [2.45, 2.75) is 11.8 Å². The van der Waals surface area contributed by atoms with E-state index in [2.05, 4.69) is 60.4 Å². The number of rotatable bonds is 7. The quantitative estimate of drug-likeness (QED) is 0.540. The van der Waals surface area contributed by atoms with Gasteiger partial charge < -0.3 is 5.32 Å². The highest BCUT2D eigenvalue weighted by Gasteiger charge is 2.32. The second-order valence-electron chi connectivity index (χ2n) is 6.17. The molecule has 3 rings (SSSR count). The van der Waals surface area contributed by atoms with Gasteiger partial charge in [-0.1, -0.05) is 66.7 Å². The van der Waals surface area contributed by atoms with Gasteiger partial charge in [-0.2, -0.15) is 0 Å². The van der Waals surface area contributed by atoms with E-state index in [4.69, 9.17) is 0 Å². The van der Waals surface area contributed by atoms with E-state index < -0.39 is 0 Å². The first-order valence-corrected chi connectivity index (χ1v) is 8.46. The fourth-order valence-corrected chi connectivity index (χ4v) is 3.26. The third-order valence-electron chi connectivity index (χ3n) is 4.58. The monoisotopic (exact) mass is 331 g/mol. The summed E-state index contributed by atoms with van der Waals surface area (Å²) in [5.74, 6) is -0.228. The molecule has 0 aliphatic rings. The lowest BCUT2D eigenvalue weighted by molar-refractivity contribution is 0.550. The average molecular weight is 331 g/mol. The van der Waals surface area contributed by atoms with E-state index in [1.54, 1.807) is 12.1 Å². The zero-order valence-corrected chi connectivity index (χ0v) is 14.2. The maximum absolute atomic E-state index is 13.2. The van der Waals surface area contributed by atoms with Crippen molar-refractivity contribution < 1.29 is 4.39 Å². The lowest BCUT2D eigenvalue weighted by Crippen LogP contribution is -2.35. The van der Waals surface area contributed by atoms with Crippen LogP contribution in [-0.2, 0) is 5.41 Å². The first kappa shape index (κ1) is 17.0. The van der Waals surface area contributed by atoms with Crippen LogP contribution in [0.1, 0.15) is 17.5 Å². The van der Waals surface area contributed by atoms with E-state index >= 15 is 0 Å². The summed E-state index contributed by atoms with van der Waals surface area (Å²) in [7, 11) is 0. The smallest absolute Gasteiger partial charge is 0.123 e. The van der Waals surface area contributed by atoms with Crippen molar-refractivity contribution in [2.24, 2.45) is 0 Å². The van der Waals surface area contributed by atoms with Crippen molar-refractivity contribution in [2.75, 3.05) is 11.9 Å². The van der Waals surface area contributed by atoms with Crippen LogP contribution in [0.3, 0.4) is 0 Å². The van der Waals surface area contributed by atoms with Gasteiger partial charge in [0.15, 0.2) is 0 Å². The van der Waals surface area contributed by atoms with Crippen LogP contribution < -0.4 is 5.32 Å². The molecule has 25 heavy (non-hydrogen) atoms. The first-order valence-electron chi connectivity index (χ1n) is 8.46. The van der Waals surface area contributed by atoms with Crippen LogP contribution in [-0.4, -0.2) is 6.54 Å². The molecule has 3 aromatic carbocycles. The Morgan fingerprint density at radius 1 is 0.800 bits per heavy atom. The number of halogens is 1. The Morgan fingerprint density at radius 2 is 1.32 bits per heavy atom.